The van der Waals surface area contributed by atoms with E-state index in [4.69, 9.17) is 9.47 Å². The van der Waals surface area contributed by atoms with Gasteiger partial charge in [0.25, 0.3) is 0 Å². The van der Waals surface area contributed by atoms with Gasteiger partial charge in [-0.25, -0.2) is 4.79 Å². The lowest BCUT2D eigenvalue weighted by atomic mass is 10.2. The summed E-state index contributed by atoms with van der Waals surface area (Å²) in [5, 5.41) is 0. The van der Waals surface area contributed by atoms with Crippen molar-refractivity contribution in [2.75, 3.05) is 19.7 Å². The van der Waals surface area contributed by atoms with E-state index in [0.717, 1.165) is 13.0 Å². The third-order valence-corrected chi connectivity index (χ3v) is 3.81. The predicted octanol–water partition coefficient (Wildman–Crippen LogP) is 3.58. The van der Waals surface area contributed by atoms with E-state index in [9.17, 15) is 4.79 Å². The van der Waals surface area contributed by atoms with Crippen molar-refractivity contribution in [2.24, 2.45) is 0 Å². The third kappa shape index (κ3) is 6.13. The topological polar surface area (TPSA) is 38.8 Å². The molecule has 0 aromatic carbocycles. The van der Waals surface area contributed by atoms with Gasteiger partial charge in [0.2, 0.25) is 0 Å². The Morgan fingerprint density at radius 3 is 2.58 bits per heavy atom. The highest BCUT2D eigenvalue weighted by molar-refractivity contribution is 9.09. The molecule has 0 aromatic heterocycles. The normalized spacial score (nSPS) is 23.7. The number of likely N-dealkylation sites (tertiary alicyclic amines) is 1. The van der Waals surface area contributed by atoms with Gasteiger partial charge in [0, 0.05) is 13.2 Å². The highest BCUT2D eigenvalue weighted by Crippen LogP contribution is 2.23. The van der Waals surface area contributed by atoms with Crippen molar-refractivity contribution < 1.29 is 14.3 Å². The van der Waals surface area contributed by atoms with Crippen LogP contribution < -0.4 is 0 Å². The van der Waals surface area contributed by atoms with E-state index >= 15 is 0 Å². The van der Waals surface area contributed by atoms with Gasteiger partial charge >= 0.3 is 6.09 Å². The minimum atomic E-state index is -0.445. The molecule has 1 fully saturated rings. The van der Waals surface area contributed by atoms with Crippen LogP contribution in [0.4, 0.5) is 4.79 Å². The van der Waals surface area contributed by atoms with Gasteiger partial charge in [-0.3, -0.25) is 0 Å². The minimum Gasteiger partial charge on any atom is -0.444 e. The fourth-order valence-electron chi connectivity index (χ4n) is 1.95. The minimum absolute atomic E-state index is 0.0735. The Morgan fingerprint density at radius 1 is 1.32 bits per heavy atom. The molecule has 0 radical (unpaired) electrons. The molecule has 0 aromatic rings. The molecular weight excluding hydrogens is 310 g/mol. The zero-order chi connectivity index (χ0) is 14.5. The number of halogens is 1. The molecule has 1 saturated heterocycles. The summed E-state index contributed by atoms with van der Waals surface area (Å²) >= 11 is 3.59. The van der Waals surface area contributed by atoms with Crippen LogP contribution >= 0.6 is 15.9 Å². The molecule has 1 aliphatic heterocycles. The highest BCUT2D eigenvalue weighted by Gasteiger charge is 2.36. The molecule has 4 nitrogen and oxygen atoms in total. The first kappa shape index (κ1) is 16.8. The first-order valence-electron chi connectivity index (χ1n) is 7.07. The Morgan fingerprint density at radius 2 is 2.00 bits per heavy atom. The lowest BCUT2D eigenvalue weighted by molar-refractivity contribution is 0.0209. The van der Waals surface area contributed by atoms with Gasteiger partial charge in [-0.2, -0.15) is 0 Å². The maximum Gasteiger partial charge on any atom is 0.410 e. The van der Waals surface area contributed by atoms with E-state index in [0.29, 0.717) is 13.1 Å². The summed E-state index contributed by atoms with van der Waals surface area (Å²) in [6.45, 7) is 9.84. The maximum atomic E-state index is 12.0. The maximum absolute atomic E-state index is 12.0. The number of hydrogen-bond donors (Lipinski definition) is 0. The smallest absolute Gasteiger partial charge is 0.410 e. The standard InChI is InChI=1S/C14H26BrNO3/c1-5-6-7-8-18-12-10-16(9-11(12)15)13(17)19-14(2,3)4/h11-12H,5-10H2,1-4H3. The summed E-state index contributed by atoms with van der Waals surface area (Å²) in [7, 11) is 0. The first-order valence-corrected chi connectivity index (χ1v) is 7.98. The molecule has 112 valence electrons. The second-order valence-electron chi connectivity index (χ2n) is 6.02. The molecule has 1 rings (SSSR count). The van der Waals surface area contributed by atoms with Crippen molar-refractivity contribution in [1.29, 1.82) is 0 Å². The summed E-state index contributed by atoms with van der Waals surface area (Å²) in [6.07, 6.45) is 3.28. The number of carbonyl (C=O) groups excluding carboxylic acids is 1. The van der Waals surface area contributed by atoms with Crippen LogP contribution in [0.25, 0.3) is 0 Å². The molecule has 0 saturated carbocycles. The molecule has 0 spiro atoms. The second kappa shape index (κ2) is 7.48. The van der Waals surface area contributed by atoms with Crippen molar-refractivity contribution in [2.45, 2.75) is 63.5 Å². The van der Waals surface area contributed by atoms with Crippen molar-refractivity contribution in [3.8, 4) is 0 Å². The number of nitrogens with zero attached hydrogens (tertiary/aromatic N) is 1. The number of alkyl halides is 1. The van der Waals surface area contributed by atoms with Crippen molar-refractivity contribution >= 4 is 22.0 Å². The Bertz CT molecular complexity index is 291. The molecule has 0 bridgehead atoms. The predicted molar refractivity (Wildman–Crippen MR) is 79.8 cm³/mol. The van der Waals surface area contributed by atoms with Crippen LogP contribution in [0, 0.1) is 0 Å². The lowest BCUT2D eigenvalue weighted by Gasteiger charge is -2.24. The van der Waals surface area contributed by atoms with Crippen molar-refractivity contribution in [1.82, 2.24) is 4.90 Å². The largest absolute Gasteiger partial charge is 0.444 e. The van der Waals surface area contributed by atoms with Crippen LogP contribution in [-0.2, 0) is 9.47 Å². The van der Waals surface area contributed by atoms with Gasteiger partial charge < -0.3 is 14.4 Å². The van der Waals surface area contributed by atoms with Gasteiger partial charge in [0.15, 0.2) is 0 Å². The first-order chi connectivity index (χ1) is 8.83. The zero-order valence-corrected chi connectivity index (χ0v) is 14.0. The van der Waals surface area contributed by atoms with Crippen LogP contribution in [0.5, 0.6) is 0 Å². The van der Waals surface area contributed by atoms with Crippen molar-refractivity contribution in [3.63, 3.8) is 0 Å². The number of carbonyl (C=O) groups is 1. The average molecular weight is 336 g/mol. The highest BCUT2D eigenvalue weighted by atomic mass is 79.9. The number of unbranched alkanes of at least 4 members (excludes halogenated alkanes) is 2. The fraction of sp³-hybridized carbons (Fsp3) is 0.929. The summed E-state index contributed by atoms with van der Waals surface area (Å²) in [5.41, 5.74) is -0.445. The summed E-state index contributed by atoms with van der Waals surface area (Å²) in [5.74, 6) is 0. The SMILES string of the molecule is CCCCCOC1CN(C(=O)OC(C)(C)C)CC1Br. The summed E-state index contributed by atoms with van der Waals surface area (Å²) in [6, 6.07) is 0. The number of rotatable bonds is 5. The molecule has 2 unspecified atom stereocenters. The Balaban J connectivity index is 2.35. The Labute approximate surface area is 124 Å². The van der Waals surface area contributed by atoms with E-state index in [1.807, 2.05) is 20.8 Å². The second-order valence-corrected chi connectivity index (χ2v) is 7.19. The molecule has 5 heteroatoms. The quantitative estimate of drug-likeness (QED) is 0.569. The zero-order valence-electron chi connectivity index (χ0n) is 12.4. The van der Waals surface area contributed by atoms with Crippen LogP contribution in [0.15, 0.2) is 0 Å². The third-order valence-electron chi connectivity index (χ3n) is 2.93. The van der Waals surface area contributed by atoms with E-state index in [1.54, 1.807) is 4.90 Å². The van der Waals surface area contributed by atoms with Crippen LogP contribution in [0.3, 0.4) is 0 Å². The summed E-state index contributed by atoms with van der Waals surface area (Å²) in [4.78, 5) is 13.9. The van der Waals surface area contributed by atoms with Gasteiger partial charge in [-0.1, -0.05) is 35.7 Å². The van der Waals surface area contributed by atoms with E-state index in [1.165, 1.54) is 12.8 Å². The fourth-order valence-corrected chi connectivity index (χ4v) is 2.62. The number of ether oxygens (including phenoxy) is 2. The molecule has 0 aliphatic carbocycles. The number of amides is 1. The molecule has 1 heterocycles. The van der Waals surface area contributed by atoms with Gasteiger partial charge in [-0.05, 0) is 27.2 Å². The van der Waals surface area contributed by atoms with Crippen LogP contribution in [-0.4, -0.2) is 47.2 Å². The van der Waals surface area contributed by atoms with E-state index < -0.39 is 5.60 Å². The summed E-state index contributed by atoms with van der Waals surface area (Å²) < 4.78 is 11.2. The van der Waals surface area contributed by atoms with E-state index in [-0.39, 0.29) is 17.0 Å². The van der Waals surface area contributed by atoms with Crippen LogP contribution in [0.2, 0.25) is 0 Å². The molecule has 2 atom stereocenters. The molecular formula is C14H26BrNO3. The average Bonchev–Trinajstić information content (AvgIpc) is 2.64. The Kier molecular flexibility index (Phi) is 6.60. The molecule has 1 amide bonds. The Hall–Kier alpha value is -0.290. The monoisotopic (exact) mass is 335 g/mol. The van der Waals surface area contributed by atoms with Crippen molar-refractivity contribution in [3.05, 3.63) is 0 Å². The van der Waals surface area contributed by atoms with Gasteiger partial charge in [-0.15, -0.1) is 0 Å². The van der Waals surface area contributed by atoms with Gasteiger partial charge in [0.1, 0.15) is 5.60 Å². The van der Waals surface area contributed by atoms with Crippen LogP contribution in [0.1, 0.15) is 47.0 Å². The lowest BCUT2D eigenvalue weighted by Crippen LogP contribution is -2.36. The molecule has 1 aliphatic rings. The van der Waals surface area contributed by atoms with E-state index in [2.05, 4.69) is 22.9 Å². The molecule has 0 N–H and O–H groups in total. The molecule has 19 heavy (non-hydrogen) atoms. The number of hydrogen-bond acceptors (Lipinski definition) is 3. The van der Waals surface area contributed by atoms with Gasteiger partial charge in [0.05, 0.1) is 17.5 Å².